The van der Waals surface area contributed by atoms with Gasteiger partial charge in [0, 0.05) is 12.4 Å². The van der Waals surface area contributed by atoms with Crippen LogP contribution in [0.15, 0.2) is 30.7 Å². The van der Waals surface area contributed by atoms with Crippen LogP contribution in [0.5, 0.6) is 0 Å². The van der Waals surface area contributed by atoms with Crippen molar-refractivity contribution in [2.75, 3.05) is 0 Å². The van der Waals surface area contributed by atoms with Crippen molar-refractivity contribution in [1.82, 2.24) is 14.8 Å². The molecular weight excluding hydrogens is 186 g/mol. The van der Waals surface area contributed by atoms with E-state index < -0.39 is 0 Å². The predicted octanol–water partition coefficient (Wildman–Crippen LogP) is 2.45. The molecule has 2 heterocycles. The van der Waals surface area contributed by atoms with Gasteiger partial charge in [0.15, 0.2) is 5.82 Å². The first-order valence-corrected chi connectivity index (χ1v) is 5.30. The fraction of sp³-hybridized carbons (Fsp3) is 0.333. The number of aryl methyl sites for hydroxylation is 1. The van der Waals surface area contributed by atoms with Crippen molar-refractivity contribution in [2.45, 2.75) is 25.7 Å². The van der Waals surface area contributed by atoms with Crippen LogP contribution in [0.25, 0.3) is 5.82 Å². The molecule has 3 nitrogen and oxygen atoms in total. The van der Waals surface area contributed by atoms with Crippen LogP contribution in [-0.4, -0.2) is 14.8 Å². The third-order valence-electron chi connectivity index (χ3n) is 2.76. The van der Waals surface area contributed by atoms with E-state index in [4.69, 9.17) is 0 Å². The lowest BCUT2D eigenvalue weighted by atomic mass is 10.2. The van der Waals surface area contributed by atoms with Crippen molar-refractivity contribution in [2.24, 2.45) is 0 Å². The third-order valence-corrected chi connectivity index (χ3v) is 2.76. The molecule has 15 heavy (non-hydrogen) atoms. The summed E-state index contributed by atoms with van der Waals surface area (Å²) in [6.07, 6.45) is 8.37. The quantitative estimate of drug-likeness (QED) is 0.743. The van der Waals surface area contributed by atoms with Crippen LogP contribution in [-0.2, 0) is 0 Å². The first-order chi connectivity index (χ1) is 7.33. The summed E-state index contributed by atoms with van der Waals surface area (Å²) in [4.78, 5) is 4.33. The highest BCUT2D eigenvalue weighted by Gasteiger charge is 2.23. The normalized spacial score (nSPS) is 15.5. The highest BCUT2D eigenvalue weighted by atomic mass is 15.3. The fourth-order valence-electron chi connectivity index (χ4n) is 1.77. The van der Waals surface area contributed by atoms with E-state index in [1.165, 1.54) is 18.4 Å². The van der Waals surface area contributed by atoms with E-state index in [0.29, 0.717) is 0 Å². The third kappa shape index (κ3) is 1.65. The van der Waals surface area contributed by atoms with Gasteiger partial charge in [-0.3, -0.25) is 0 Å². The van der Waals surface area contributed by atoms with Crippen molar-refractivity contribution >= 4 is 0 Å². The van der Waals surface area contributed by atoms with Crippen LogP contribution < -0.4 is 0 Å². The van der Waals surface area contributed by atoms with Gasteiger partial charge in [-0.05, 0) is 48.9 Å². The molecule has 1 aliphatic rings. The summed E-state index contributed by atoms with van der Waals surface area (Å²) in [6.45, 7) is 2.04. The van der Waals surface area contributed by atoms with E-state index in [1.807, 2.05) is 30.2 Å². The van der Waals surface area contributed by atoms with Gasteiger partial charge in [0.2, 0.25) is 0 Å². The molecule has 0 spiro atoms. The Morgan fingerprint density at radius 1 is 1.40 bits per heavy atom. The molecule has 3 heteroatoms. The van der Waals surface area contributed by atoms with Crippen LogP contribution in [0.4, 0.5) is 0 Å². The minimum atomic E-state index is 0.767. The fourth-order valence-corrected chi connectivity index (χ4v) is 1.77. The number of rotatable bonds is 2. The number of aromatic nitrogens is 3. The monoisotopic (exact) mass is 199 g/mol. The molecule has 1 fully saturated rings. The van der Waals surface area contributed by atoms with E-state index in [1.54, 1.807) is 0 Å². The van der Waals surface area contributed by atoms with E-state index in [-0.39, 0.29) is 0 Å². The van der Waals surface area contributed by atoms with Gasteiger partial charge in [0.1, 0.15) is 0 Å². The summed E-state index contributed by atoms with van der Waals surface area (Å²) in [6, 6.07) is 4.25. The highest BCUT2D eigenvalue weighted by Crippen LogP contribution is 2.40. The molecule has 0 atom stereocenters. The summed E-state index contributed by atoms with van der Waals surface area (Å²) in [5, 5.41) is 4.26. The Kier molecular flexibility index (Phi) is 1.84. The van der Waals surface area contributed by atoms with Crippen LogP contribution in [0.3, 0.4) is 0 Å². The summed E-state index contributed by atoms with van der Waals surface area (Å²) < 4.78 is 1.83. The average Bonchev–Trinajstić information content (AvgIpc) is 3.02. The second kappa shape index (κ2) is 3.19. The van der Waals surface area contributed by atoms with Crippen molar-refractivity contribution in [3.05, 3.63) is 41.9 Å². The van der Waals surface area contributed by atoms with Crippen LogP contribution in [0, 0.1) is 6.92 Å². The molecule has 76 valence electrons. The SMILES string of the molecule is Cc1cnn(-c2cc(C3CC3)ccn2)c1. The molecule has 3 rings (SSSR count). The molecular formula is C12H13N3. The number of pyridine rings is 1. The lowest BCUT2D eigenvalue weighted by Crippen LogP contribution is -1.98. The molecule has 1 aliphatic carbocycles. The van der Waals surface area contributed by atoms with E-state index in [0.717, 1.165) is 17.3 Å². The van der Waals surface area contributed by atoms with Gasteiger partial charge in [-0.2, -0.15) is 5.10 Å². The van der Waals surface area contributed by atoms with Gasteiger partial charge in [-0.15, -0.1) is 0 Å². The number of nitrogens with zero attached hydrogens (tertiary/aromatic N) is 3. The molecule has 0 aromatic carbocycles. The van der Waals surface area contributed by atoms with Crippen molar-refractivity contribution < 1.29 is 0 Å². The van der Waals surface area contributed by atoms with Gasteiger partial charge in [0.05, 0.1) is 6.20 Å². The number of hydrogen-bond donors (Lipinski definition) is 0. The van der Waals surface area contributed by atoms with E-state index in [9.17, 15) is 0 Å². The Bertz CT molecular complexity index is 483. The summed E-state index contributed by atoms with van der Waals surface area (Å²) >= 11 is 0. The minimum absolute atomic E-state index is 0.767. The molecule has 0 radical (unpaired) electrons. The predicted molar refractivity (Wildman–Crippen MR) is 58.1 cm³/mol. The maximum atomic E-state index is 4.33. The largest absolute Gasteiger partial charge is 0.237 e. The molecule has 0 unspecified atom stereocenters. The first-order valence-electron chi connectivity index (χ1n) is 5.30. The Labute approximate surface area is 88.8 Å². The van der Waals surface area contributed by atoms with Gasteiger partial charge in [-0.1, -0.05) is 0 Å². The van der Waals surface area contributed by atoms with Gasteiger partial charge in [-0.25, -0.2) is 9.67 Å². The molecule has 0 saturated heterocycles. The van der Waals surface area contributed by atoms with Crippen LogP contribution >= 0.6 is 0 Å². The maximum Gasteiger partial charge on any atom is 0.153 e. The summed E-state index contributed by atoms with van der Waals surface area (Å²) in [7, 11) is 0. The van der Waals surface area contributed by atoms with Gasteiger partial charge in [0.25, 0.3) is 0 Å². The highest BCUT2D eigenvalue weighted by molar-refractivity contribution is 5.31. The standard InChI is InChI=1S/C12H13N3/c1-9-7-14-15(8-9)12-6-11(4-5-13-12)10-2-3-10/h4-8,10H,2-3H2,1H3. The lowest BCUT2D eigenvalue weighted by molar-refractivity contribution is 0.842. The van der Waals surface area contributed by atoms with Crippen LogP contribution in [0.2, 0.25) is 0 Å². The Hall–Kier alpha value is -1.64. The lowest BCUT2D eigenvalue weighted by Gasteiger charge is -2.02. The zero-order chi connectivity index (χ0) is 10.3. The van der Waals surface area contributed by atoms with Gasteiger partial charge < -0.3 is 0 Å². The zero-order valence-electron chi connectivity index (χ0n) is 8.72. The average molecular weight is 199 g/mol. The van der Waals surface area contributed by atoms with Crippen molar-refractivity contribution in [3.8, 4) is 5.82 Å². The summed E-state index contributed by atoms with van der Waals surface area (Å²) in [5.41, 5.74) is 2.56. The number of hydrogen-bond acceptors (Lipinski definition) is 2. The van der Waals surface area contributed by atoms with Crippen molar-refractivity contribution in [3.63, 3.8) is 0 Å². The smallest absolute Gasteiger partial charge is 0.153 e. The van der Waals surface area contributed by atoms with Gasteiger partial charge >= 0.3 is 0 Å². The zero-order valence-corrected chi connectivity index (χ0v) is 8.72. The Morgan fingerprint density at radius 2 is 2.27 bits per heavy atom. The molecule has 0 N–H and O–H groups in total. The topological polar surface area (TPSA) is 30.7 Å². The molecule has 0 amide bonds. The minimum Gasteiger partial charge on any atom is -0.237 e. The van der Waals surface area contributed by atoms with Crippen molar-refractivity contribution in [1.29, 1.82) is 0 Å². The molecule has 0 aliphatic heterocycles. The second-order valence-corrected chi connectivity index (χ2v) is 4.18. The molecule has 2 aromatic rings. The van der Waals surface area contributed by atoms with E-state index >= 15 is 0 Å². The molecule has 2 aromatic heterocycles. The molecule has 1 saturated carbocycles. The Balaban J connectivity index is 2.00. The summed E-state index contributed by atoms with van der Waals surface area (Å²) in [5.74, 6) is 1.69. The first kappa shape index (κ1) is 8.65. The Morgan fingerprint density at radius 3 is 2.93 bits per heavy atom. The second-order valence-electron chi connectivity index (χ2n) is 4.18. The van der Waals surface area contributed by atoms with E-state index in [2.05, 4.69) is 22.2 Å². The molecule has 0 bridgehead atoms. The maximum absolute atomic E-state index is 4.33. The van der Waals surface area contributed by atoms with Crippen LogP contribution in [0.1, 0.15) is 29.9 Å².